The molecule has 16 heavy (non-hydrogen) atoms. The van der Waals surface area contributed by atoms with Crippen molar-refractivity contribution in [2.75, 3.05) is 24.7 Å². The molecule has 7 nitrogen and oxygen atoms in total. The summed E-state index contributed by atoms with van der Waals surface area (Å²) in [5.74, 6) is 0.209. The van der Waals surface area contributed by atoms with Gasteiger partial charge >= 0.3 is 0 Å². The Kier molecular flexibility index (Phi) is 4.02. The second-order valence-corrected chi connectivity index (χ2v) is 5.12. The van der Waals surface area contributed by atoms with E-state index in [2.05, 4.69) is 15.0 Å². The number of hydrogen-bond donors (Lipinski definition) is 2. The van der Waals surface area contributed by atoms with Crippen LogP contribution in [0.3, 0.4) is 0 Å². The summed E-state index contributed by atoms with van der Waals surface area (Å²) in [4.78, 5) is 15.3. The van der Waals surface area contributed by atoms with Crippen molar-refractivity contribution < 1.29 is 8.42 Å². The number of sulfonamides is 1. The Morgan fingerprint density at radius 2 is 2.12 bits per heavy atom. The van der Waals surface area contributed by atoms with Crippen LogP contribution in [-0.4, -0.2) is 37.3 Å². The van der Waals surface area contributed by atoms with Crippen molar-refractivity contribution in [1.82, 2.24) is 14.3 Å². The summed E-state index contributed by atoms with van der Waals surface area (Å²) in [6.07, 6.45) is 4.11. The second kappa shape index (κ2) is 5.08. The lowest BCUT2D eigenvalue weighted by atomic mass is 10.5. The summed E-state index contributed by atoms with van der Waals surface area (Å²) in [7, 11) is -1.58. The van der Waals surface area contributed by atoms with E-state index in [1.54, 1.807) is 13.2 Å². The summed E-state index contributed by atoms with van der Waals surface area (Å²) in [6.45, 7) is 0.512. The van der Waals surface area contributed by atoms with E-state index in [1.165, 1.54) is 10.8 Å². The molecule has 1 aromatic rings. The highest BCUT2D eigenvalue weighted by Crippen LogP contribution is 1.89. The van der Waals surface area contributed by atoms with Crippen LogP contribution in [0.5, 0.6) is 0 Å². The Hall–Kier alpha value is -1.41. The number of hydrogen-bond acceptors (Lipinski definition) is 5. The van der Waals surface area contributed by atoms with E-state index < -0.39 is 10.0 Å². The van der Waals surface area contributed by atoms with Crippen molar-refractivity contribution in [2.45, 2.75) is 0 Å². The first kappa shape index (κ1) is 12.7. The lowest BCUT2D eigenvalue weighted by Crippen LogP contribution is -2.30. The van der Waals surface area contributed by atoms with Crippen molar-refractivity contribution >= 4 is 15.8 Å². The Balaban J connectivity index is 2.50. The number of aromatic nitrogens is 2. The fourth-order valence-electron chi connectivity index (χ4n) is 1.04. The molecule has 0 aliphatic rings. The van der Waals surface area contributed by atoms with Crippen molar-refractivity contribution in [3.05, 3.63) is 22.7 Å². The molecule has 0 atom stereocenters. The van der Waals surface area contributed by atoms with Gasteiger partial charge in [0.05, 0.1) is 6.26 Å². The van der Waals surface area contributed by atoms with Crippen LogP contribution in [0.1, 0.15) is 0 Å². The van der Waals surface area contributed by atoms with E-state index in [1.807, 2.05) is 0 Å². The van der Waals surface area contributed by atoms with E-state index in [9.17, 15) is 13.2 Å². The maximum absolute atomic E-state index is 11.5. The van der Waals surface area contributed by atoms with Crippen molar-refractivity contribution in [2.24, 2.45) is 7.05 Å². The van der Waals surface area contributed by atoms with E-state index in [4.69, 9.17) is 0 Å². The second-order valence-electron chi connectivity index (χ2n) is 3.29. The maximum Gasteiger partial charge on any atom is 0.293 e. The van der Waals surface area contributed by atoms with Crippen LogP contribution in [0.4, 0.5) is 5.82 Å². The van der Waals surface area contributed by atoms with Gasteiger partial charge in [0.25, 0.3) is 5.56 Å². The normalized spacial score (nSPS) is 11.4. The average Bonchev–Trinajstić information content (AvgIpc) is 2.17. The molecule has 0 unspecified atom stereocenters. The van der Waals surface area contributed by atoms with E-state index >= 15 is 0 Å². The molecule has 0 saturated heterocycles. The molecule has 0 amide bonds. The van der Waals surface area contributed by atoms with Crippen LogP contribution < -0.4 is 15.6 Å². The monoisotopic (exact) mass is 246 g/mol. The number of nitrogens with one attached hydrogen (secondary N) is 2. The van der Waals surface area contributed by atoms with Crippen molar-refractivity contribution in [3.8, 4) is 0 Å². The minimum Gasteiger partial charge on any atom is -0.364 e. The van der Waals surface area contributed by atoms with Crippen LogP contribution in [0.15, 0.2) is 17.2 Å². The number of anilines is 1. The first-order chi connectivity index (χ1) is 7.40. The molecule has 0 bridgehead atoms. The van der Waals surface area contributed by atoms with Crippen molar-refractivity contribution in [3.63, 3.8) is 0 Å². The molecular formula is C8H14N4O3S. The molecule has 0 radical (unpaired) electrons. The van der Waals surface area contributed by atoms with Gasteiger partial charge in [0.15, 0.2) is 5.82 Å². The van der Waals surface area contributed by atoms with E-state index in [-0.39, 0.29) is 17.9 Å². The molecule has 0 aliphatic heterocycles. The third-order valence-electron chi connectivity index (χ3n) is 1.80. The third-order valence-corrected chi connectivity index (χ3v) is 2.53. The SMILES string of the molecule is Cn1ccnc(NCCNS(C)(=O)=O)c1=O. The maximum atomic E-state index is 11.5. The standard InChI is InChI=1S/C8H14N4O3S/c1-12-6-5-10-7(8(12)13)9-3-4-11-16(2,14)15/h5-6,11H,3-4H2,1-2H3,(H,9,10). The minimum absolute atomic E-state index is 0.207. The van der Waals surface area contributed by atoms with Gasteiger partial charge in [0, 0.05) is 32.5 Å². The smallest absolute Gasteiger partial charge is 0.293 e. The Bertz CT molecular complexity index is 508. The minimum atomic E-state index is -3.19. The van der Waals surface area contributed by atoms with Crippen LogP contribution in [0.25, 0.3) is 0 Å². The molecule has 0 spiro atoms. The van der Waals surface area contributed by atoms with Crippen LogP contribution in [0, 0.1) is 0 Å². The van der Waals surface area contributed by atoms with Gasteiger partial charge in [-0.25, -0.2) is 18.1 Å². The first-order valence-electron chi connectivity index (χ1n) is 4.60. The van der Waals surface area contributed by atoms with Gasteiger partial charge < -0.3 is 9.88 Å². The topological polar surface area (TPSA) is 93.1 Å². The van der Waals surface area contributed by atoms with Gasteiger partial charge in [0.2, 0.25) is 10.0 Å². The van der Waals surface area contributed by atoms with Gasteiger partial charge in [-0.2, -0.15) is 0 Å². The number of nitrogens with zero attached hydrogens (tertiary/aromatic N) is 2. The summed E-state index contributed by atoms with van der Waals surface area (Å²) < 4.78 is 25.2. The third kappa shape index (κ3) is 3.99. The van der Waals surface area contributed by atoms with E-state index in [0.29, 0.717) is 6.54 Å². The Morgan fingerprint density at radius 3 is 2.75 bits per heavy atom. The summed E-state index contributed by atoms with van der Waals surface area (Å²) in [6, 6.07) is 0. The number of rotatable bonds is 5. The van der Waals surface area contributed by atoms with Crippen LogP contribution in [0.2, 0.25) is 0 Å². The molecule has 1 heterocycles. The lowest BCUT2D eigenvalue weighted by molar-refractivity contribution is 0.589. The quantitative estimate of drug-likeness (QED) is 0.633. The largest absolute Gasteiger partial charge is 0.364 e. The molecule has 2 N–H and O–H groups in total. The fourth-order valence-corrected chi connectivity index (χ4v) is 1.51. The predicted molar refractivity (Wildman–Crippen MR) is 60.8 cm³/mol. The molecule has 90 valence electrons. The van der Waals surface area contributed by atoms with Crippen LogP contribution in [-0.2, 0) is 17.1 Å². The highest BCUT2D eigenvalue weighted by Gasteiger charge is 2.02. The molecule has 8 heteroatoms. The van der Waals surface area contributed by atoms with Gasteiger partial charge in [-0.05, 0) is 0 Å². The summed E-state index contributed by atoms with van der Waals surface area (Å²) in [5.41, 5.74) is -0.248. The zero-order valence-corrected chi connectivity index (χ0v) is 9.91. The molecular weight excluding hydrogens is 232 g/mol. The highest BCUT2D eigenvalue weighted by atomic mass is 32.2. The zero-order valence-electron chi connectivity index (χ0n) is 9.10. The molecule has 0 aromatic carbocycles. The summed E-state index contributed by atoms with van der Waals surface area (Å²) in [5, 5.41) is 2.75. The predicted octanol–water partition coefficient (Wildman–Crippen LogP) is -1.26. The highest BCUT2D eigenvalue weighted by molar-refractivity contribution is 7.88. The number of aryl methyl sites for hydroxylation is 1. The van der Waals surface area contributed by atoms with Gasteiger partial charge in [-0.15, -0.1) is 0 Å². The molecule has 1 rings (SSSR count). The van der Waals surface area contributed by atoms with Crippen molar-refractivity contribution in [1.29, 1.82) is 0 Å². The zero-order chi connectivity index (χ0) is 12.2. The molecule has 0 aliphatic carbocycles. The Morgan fingerprint density at radius 1 is 1.44 bits per heavy atom. The molecule has 0 saturated carbocycles. The van der Waals surface area contributed by atoms with Gasteiger partial charge in [-0.1, -0.05) is 0 Å². The van der Waals surface area contributed by atoms with Crippen LogP contribution >= 0.6 is 0 Å². The van der Waals surface area contributed by atoms with E-state index in [0.717, 1.165) is 6.26 Å². The van der Waals surface area contributed by atoms with Gasteiger partial charge in [-0.3, -0.25) is 4.79 Å². The molecule has 0 fully saturated rings. The lowest BCUT2D eigenvalue weighted by Gasteiger charge is -2.06. The Labute approximate surface area is 93.6 Å². The molecule has 1 aromatic heterocycles. The average molecular weight is 246 g/mol. The first-order valence-corrected chi connectivity index (χ1v) is 6.49. The summed E-state index contributed by atoms with van der Waals surface area (Å²) >= 11 is 0. The van der Waals surface area contributed by atoms with Gasteiger partial charge in [0.1, 0.15) is 0 Å². The fraction of sp³-hybridized carbons (Fsp3) is 0.500.